The van der Waals surface area contributed by atoms with Crippen LogP contribution in [0, 0.1) is 6.92 Å². The molecule has 3 rings (SSSR count). The van der Waals surface area contributed by atoms with Crippen LogP contribution in [0.15, 0.2) is 23.4 Å². The summed E-state index contributed by atoms with van der Waals surface area (Å²) in [4.78, 5) is 14.2. The second-order valence-electron chi connectivity index (χ2n) is 6.36. The molecule has 26 heavy (non-hydrogen) atoms. The molecule has 140 valence electrons. The van der Waals surface area contributed by atoms with Gasteiger partial charge in [-0.2, -0.15) is 0 Å². The Morgan fingerprint density at radius 1 is 1.27 bits per heavy atom. The number of hydrogen-bond acceptors (Lipinski definition) is 6. The number of thioether (sulfide) groups is 1. The van der Waals surface area contributed by atoms with Crippen molar-refractivity contribution in [3.63, 3.8) is 0 Å². The number of benzene rings is 1. The lowest BCUT2D eigenvalue weighted by atomic mass is 10.2. The molecule has 2 aromatic rings. The standard InChI is InChI=1S/C18H24N4O3S/c1-12-19-20-18(22(12)14-6-7-14)26-11-17(23)21(2)10-13-5-8-15(24-3)16(9-13)25-4/h5,8-9,14H,6-7,10-11H2,1-4H3. The second-order valence-corrected chi connectivity index (χ2v) is 7.30. The number of carbonyl (C=O) groups is 1. The molecule has 1 amide bonds. The molecule has 1 fully saturated rings. The summed E-state index contributed by atoms with van der Waals surface area (Å²) >= 11 is 1.45. The first kappa shape index (κ1) is 18.6. The molecule has 0 unspecified atom stereocenters. The smallest absolute Gasteiger partial charge is 0.233 e. The molecule has 0 radical (unpaired) electrons. The van der Waals surface area contributed by atoms with Crippen LogP contribution in [0.1, 0.15) is 30.3 Å². The molecule has 1 heterocycles. The monoisotopic (exact) mass is 376 g/mol. The van der Waals surface area contributed by atoms with Crippen molar-refractivity contribution in [1.29, 1.82) is 0 Å². The third-order valence-electron chi connectivity index (χ3n) is 4.37. The van der Waals surface area contributed by atoms with Gasteiger partial charge in [-0.3, -0.25) is 4.79 Å². The van der Waals surface area contributed by atoms with Crippen LogP contribution in [0.25, 0.3) is 0 Å². The fourth-order valence-electron chi connectivity index (χ4n) is 2.78. The summed E-state index contributed by atoms with van der Waals surface area (Å²) in [6.07, 6.45) is 2.33. The molecule has 0 atom stereocenters. The van der Waals surface area contributed by atoms with Crippen molar-refractivity contribution in [1.82, 2.24) is 19.7 Å². The highest BCUT2D eigenvalue weighted by Gasteiger charge is 2.28. The van der Waals surface area contributed by atoms with Crippen molar-refractivity contribution >= 4 is 17.7 Å². The van der Waals surface area contributed by atoms with Crippen LogP contribution in [-0.2, 0) is 11.3 Å². The van der Waals surface area contributed by atoms with E-state index in [9.17, 15) is 4.79 Å². The average molecular weight is 376 g/mol. The van der Waals surface area contributed by atoms with Crippen LogP contribution in [0.4, 0.5) is 0 Å². The molecular weight excluding hydrogens is 352 g/mol. The van der Waals surface area contributed by atoms with Gasteiger partial charge in [0.25, 0.3) is 0 Å². The number of ether oxygens (including phenoxy) is 2. The van der Waals surface area contributed by atoms with Gasteiger partial charge in [0, 0.05) is 19.6 Å². The van der Waals surface area contributed by atoms with Gasteiger partial charge in [0.15, 0.2) is 16.7 Å². The fraction of sp³-hybridized carbons (Fsp3) is 0.500. The van der Waals surface area contributed by atoms with E-state index >= 15 is 0 Å². The Bertz CT molecular complexity index is 789. The molecule has 0 spiro atoms. The SMILES string of the molecule is COc1ccc(CN(C)C(=O)CSc2nnc(C)n2C2CC2)cc1OC. The van der Waals surface area contributed by atoms with E-state index in [1.54, 1.807) is 26.2 Å². The Kier molecular flexibility index (Phi) is 5.70. The highest BCUT2D eigenvalue weighted by molar-refractivity contribution is 7.99. The van der Waals surface area contributed by atoms with E-state index in [4.69, 9.17) is 9.47 Å². The van der Waals surface area contributed by atoms with Crippen molar-refractivity contribution in [3.05, 3.63) is 29.6 Å². The van der Waals surface area contributed by atoms with Crippen LogP contribution in [0.5, 0.6) is 11.5 Å². The average Bonchev–Trinajstić information content (AvgIpc) is 3.41. The van der Waals surface area contributed by atoms with E-state index in [-0.39, 0.29) is 5.91 Å². The highest BCUT2D eigenvalue weighted by Crippen LogP contribution is 2.38. The number of nitrogens with zero attached hydrogens (tertiary/aromatic N) is 4. The zero-order valence-electron chi connectivity index (χ0n) is 15.6. The van der Waals surface area contributed by atoms with E-state index in [0.717, 1.165) is 16.5 Å². The van der Waals surface area contributed by atoms with E-state index in [1.165, 1.54) is 24.6 Å². The number of aromatic nitrogens is 3. The molecule has 1 aromatic carbocycles. The summed E-state index contributed by atoms with van der Waals surface area (Å²) in [6.45, 7) is 2.47. The van der Waals surface area contributed by atoms with Crippen LogP contribution >= 0.6 is 11.8 Å². The number of aryl methyl sites for hydroxylation is 1. The summed E-state index contributed by atoms with van der Waals surface area (Å²) in [6, 6.07) is 6.18. The van der Waals surface area contributed by atoms with Gasteiger partial charge in [-0.1, -0.05) is 17.8 Å². The first-order valence-electron chi connectivity index (χ1n) is 8.52. The van der Waals surface area contributed by atoms with Gasteiger partial charge < -0.3 is 18.9 Å². The van der Waals surface area contributed by atoms with Gasteiger partial charge in [-0.25, -0.2) is 0 Å². The molecule has 1 aromatic heterocycles. The molecule has 0 saturated heterocycles. The molecular formula is C18H24N4O3S. The zero-order chi connectivity index (χ0) is 18.7. The van der Waals surface area contributed by atoms with E-state index < -0.39 is 0 Å². The maximum atomic E-state index is 12.5. The summed E-state index contributed by atoms with van der Waals surface area (Å²) in [5.41, 5.74) is 0.987. The minimum absolute atomic E-state index is 0.0489. The van der Waals surface area contributed by atoms with Crippen LogP contribution in [0.2, 0.25) is 0 Å². The topological polar surface area (TPSA) is 69.5 Å². The lowest BCUT2D eigenvalue weighted by molar-refractivity contribution is -0.127. The molecule has 0 aliphatic heterocycles. The van der Waals surface area contributed by atoms with Gasteiger partial charge in [0.2, 0.25) is 5.91 Å². The minimum atomic E-state index is 0.0489. The highest BCUT2D eigenvalue weighted by atomic mass is 32.2. The maximum absolute atomic E-state index is 12.5. The van der Waals surface area contributed by atoms with E-state index in [2.05, 4.69) is 14.8 Å². The Morgan fingerprint density at radius 3 is 2.65 bits per heavy atom. The number of hydrogen-bond donors (Lipinski definition) is 0. The van der Waals surface area contributed by atoms with Crippen LogP contribution in [-0.4, -0.2) is 52.6 Å². The summed E-state index contributed by atoms with van der Waals surface area (Å²) in [5, 5.41) is 9.19. The number of carbonyl (C=O) groups excluding carboxylic acids is 1. The Balaban J connectivity index is 1.58. The summed E-state index contributed by atoms with van der Waals surface area (Å²) in [5.74, 6) is 2.65. The third-order valence-corrected chi connectivity index (χ3v) is 5.29. The first-order chi connectivity index (χ1) is 12.5. The Morgan fingerprint density at radius 2 is 2.00 bits per heavy atom. The van der Waals surface area contributed by atoms with Gasteiger partial charge in [0.05, 0.1) is 20.0 Å². The summed E-state index contributed by atoms with van der Waals surface area (Å²) < 4.78 is 12.7. The molecule has 7 nitrogen and oxygen atoms in total. The Labute approximate surface area is 157 Å². The first-order valence-corrected chi connectivity index (χ1v) is 9.51. The van der Waals surface area contributed by atoms with Crippen molar-refractivity contribution < 1.29 is 14.3 Å². The lowest BCUT2D eigenvalue weighted by Gasteiger charge is -2.18. The molecule has 1 aliphatic rings. The molecule has 0 N–H and O–H groups in total. The van der Waals surface area contributed by atoms with Gasteiger partial charge in [-0.05, 0) is 37.5 Å². The molecule has 1 aliphatic carbocycles. The third kappa shape index (κ3) is 4.12. The largest absolute Gasteiger partial charge is 0.493 e. The predicted octanol–water partition coefficient (Wildman–Crippen LogP) is 2.69. The zero-order valence-corrected chi connectivity index (χ0v) is 16.4. The predicted molar refractivity (Wildman–Crippen MR) is 99.8 cm³/mol. The number of rotatable bonds is 8. The maximum Gasteiger partial charge on any atom is 0.233 e. The van der Waals surface area contributed by atoms with E-state index in [1.807, 2.05) is 25.1 Å². The molecule has 0 bridgehead atoms. The quantitative estimate of drug-likeness (QED) is 0.660. The minimum Gasteiger partial charge on any atom is -0.493 e. The molecule has 8 heteroatoms. The Hall–Kier alpha value is -2.22. The van der Waals surface area contributed by atoms with Crippen molar-refractivity contribution in [3.8, 4) is 11.5 Å². The summed E-state index contributed by atoms with van der Waals surface area (Å²) in [7, 11) is 5.01. The number of methoxy groups -OCH3 is 2. The van der Waals surface area contributed by atoms with Gasteiger partial charge >= 0.3 is 0 Å². The van der Waals surface area contributed by atoms with Gasteiger partial charge in [-0.15, -0.1) is 10.2 Å². The van der Waals surface area contributed by atoms with Crippen molar-refractivity contribution in [2.45, 2.75) is 37.5 Å². The lowest BCUT2D eigenvalue weighted by Crippen LogP contribution is -2.28. The second kappa shape index (κ2) is 7.99. The van der Waals surface area contributed by atoms with Crippen LogP contribution in [0.3, 0.4) is 0 Å². The van der Waals surface area contributed by atoms with Gasteiger partial charge in [0.1, 0.15) is 5.82 Å². The normalized spacial score (nSPS) is 13.5. The number of amides is 1. The van der Waals surface area contributed by atoms with Crippen molar-refractivity contribution in [2.75, 3.05) is 27.0 Å². The molecule has 1 saturated carbocycles. The fourth-order valence-corrected chi connectivity index (χ4v) is 3.77. The van der Waals surface area contributed by atoms with Crippen LogP contribution < -0.4 is 9.47 Å². The van der Waals surface area contributed by atoms with Crippen molar-refractivity contribution in [2.24, 2.45) is 0 Å². The van der Waals surface area contributed by atoms with E-state index in [0.29, 0.717) is 29.8 Å².